The highest BCUT2D eigenvalue weighted by molar-refractivity contribution is 6.39. The number of amides is 1. The zero-order valence-corrected chi connectivity index (χ0v) is 25.8. The minimum Gasteiger partial charge on any atom is -0.475 e. The van der Waals surface area contributed by atoms with Crippen LogP contribution in [0.15, 0.2) is 49.2 Å². The van der Waals surface area contributed by atoms with Crippen molar-refractivity contribution in [2.24, 2.45) is 0 Å². The third-order valence-corrected chi connectivity index (χ3v) is 9.71. The minimum absolute atomic E-state index is 0.159. The van der Waals surface area contributed by atoms with Crippen LogP contribution < -0.4 is 14.5 Å². The Labute approximate surface area is 263 Å². The maximum atomic E-state index is 12.4. The molecule has 0 radical (unpaired) electrons. The molecule has 1 aromatic heterocycles. The van der Waals surface area contributed by atoms with E-state index in [1.54, 1.807) is 4.90 Å². The molecular weight excluding hydrogens is 574 g/mol. The Kier molecular flexibility index (Phi) is 8.61. The lowest BCUT2D eigenvalue weighted by Gasteiger charge is -2.41. The van der Waals surface area contributed by atoms with E-state index in [0.29, 0.717) is 55.3 Å². The van der Waals surface area contributed by atoms with E-state index in [4.69, 9.17) is 16.3 Å². The van der Waals surface area contributed by atoms with Crippen molar-refractivity contribution in [3.8, 4) is 18.0 Å². The van der Waals surface area contributed by atoms with Gasteiger partial charge in [-0.1, -0.05) is 36.4 Å². The molecule has 2 aromatic carbocycles. The number of carbonyl (C=O) groups is 1. The zero-order chi connectivity index (χ0) is 30.8. The maximum Gasteiger partial charge on any atom is 0.246 e. The standard InChI is InChI=1S/C34H36ClN7O2/c1-3-31(43)42-17-16-41(20-25(42)11-13-36)30-10-9-23-6-4-8-29(32(23)33(30)35)40-15-12-24-19-38-34(27(18-37)28(24)21-40)44-22-26-7-5-14-39(26)2/h3-4,6,8-10,19,25-26H,1,5,7,11-12,14-17,20-22H2,2H3/t25-,26-/m0/s1. The summed E-state index contributed by atoms with van der Waals surface area (Å²) >= 11 is 7.23. The van der Waals surface area contributed by atoms with Crippen LogP contribution in [0.1, 0.15) is 36.0 Å². The Morgan fingerprint density at radius 1 is 1.14 bits per heavy atom. The topological polar surface area (TPSA) is 99.7 Å². The van der Waals surface area contributed by atoms with Gasteiger partial charge in [-0.15, -0.1) is 0 Å². The molecule has 6 rings (SSSR count). The molecule has 2 fully saturated rings. The molecule has 3 aliphatic heterocycles. The molecule has 2 saturated heterocycles. The van der Waals surface area contributed by atoms with Crippen molar-refractivity contribution >= 4 is 39.7 Å². The van der Waals surface area contributed by atoms with Crippen LogP contribution in [0, 0.1) is 22.7 Å². The van der Waals surface area contributed by atoms with Crippen LogP contribution in [0.3, 0.4) is 0 Å². The average Bonchev–Trinajstić information content (AvgIpc) is 3.47. The summed E-state index contributed by atoms with van der Waals surface area (Å²) in [6, 6.07) is 15.0. The first-order valence-electron chi connectivity index (χ1n) is 15.2. The lowest BCUT2D eigenvalue weighted by molar-refractivity contribution is -0.128. The number of benzene rings is 2. The number of ether oxygens (including phenoxy) is 1. The lowest BCUT2D eigenvalue weighted by atomic mass is 9.96. The summed E-state index contributed by atoms with van der Waals surface area (Å²) in [6.45, 7) is 8.12. The second-order valence-corrected chi connectivity index (χ2v) is 12.2. The lowest BCUT2D eigenvalue weighted by Crippen LogP contribution is -2.55. The molecule has 0 bridgehead atoms. The van der Waals surface area contributed by atoms with Crippen molar-refractivity contribution in [2.75, 3.05) is 56.2 Å². The molecule has 4 heterocycles. The SMILES string of the molecule is C=CC(=O)N1CCN(c2ccc3cccc(N4CCc5cnc(OC[C@@H]6CCCN6C)c(C#N)c5C4)c3c2Cl)C[C@@H]1CC#N. The van der Waals surface area contributed by atoms with Crippen LogP contribution in [-0.2, 0) is 17.8 Å². The van der Waals surface area contributed by atoms with Gasteiger partial charge in [-0.25, -0.2) is 4.98 Å². The number of halogens is 1. The molecule has 2 atom stereocenters. The number of nitrogens with zero attached hydrogens (tertiary/aromatic N) is 7. The van der Waals surface area contributed by atoms with Gasteiger partial charge in [-0.2, -0.15) is 10.5 Å². The largest absolute Gasteiger partial charge is 0.475 e. The van der Waals surface area contributed by atoms with E-state index in [2.05, 4.69) is 63.6 Å². The molecule has 226 valence electrons. The summed E-state index contributed by atoms with van der Waals surface area (Å²) in [4.78, 5) is 25.5. The molecule has 0 unspecified atom stereocenters. The number of rotatable bonds is 7. The Bertz CT molecular complexity index is 1680. The van der Waals surface area contributed by atoms with E-state index >= 15 is 0 Å². The monoisotopic (exact) mass is 609 g/mol. The number of piperazine rings is 1. The fourth-order valence-electron chi connectivity index (χ4n) is 6.86. The summed E-state index contributed by atoms with van der Waals surface area (Å²) in [6.07, 6.45) is 6.41. The summed E-state index contributed by atoms with van der Waals surface area (Å²) in [5.74, 6) is 0.251. The van der Waals surface area contributed by atoms with Gasteiger partial charge < -0.3 is 24.3 Å². The Hall–Kier alpha value is -4.31. The molecular formula is C34H36ClN7O2. The van der Waals surface area contributed by atoms with Gasteiger partial charge in [-0.3, -0.25) is 4.79 Å². The van der Waals surface area contributed by atoms with Crippen molar-refractivity contribution in [1.29, 1.82) is 10.5 Å². The number of anilines is 2. The van der Waals surface area contributed by atoms with Crippen molar-refractivity contribution in [2.45, 2.75) is 44.3 Å². The maximum absolute atomic E-state index is 12.4. The molecule has 44 heavy (non-hydrogen) atoms. The quantitative estimate of drug-likeness (QED) is 0.348. The summed E-state index contributed by atoms with van der Waals surface area (Å²) in [5.41, 5.74) is 4.42. The zero-order valence-electron chi connectivity index (χ0n) is 25.0. The van der Waals surface area contributed by atoms with E-state index < -0.39 is 0 Å². The second kappa shape index (κ2) is 12.7. The highest BCUT2D eigenvalue weighted by atomic mass is 35.5. The Morgan fingerprint density at radius 2 is 2.00 bits per heavy atom. The van der Waals surface area contributed by atoms with E-state index in [0.717, 1.165) is 65.6 Å². The Morgan fingerprint density at radius 3 is 2.75 bits per heavy atom. The van der Waals surface area contributed by atoms with Crippen LogP contribution >= 0.6 is 11.6 Å². The van der Waals surface area contributed by atoms with Gasteiger partial charge in [-0.05, 0) is 67.6 Å². The molecule has 0 saturated carbocycles. The van der Waals surface area contributed by atoms with E-state index in [1.807, 2.05) is 18.3 Å². The van der Waals surface area contributed by atoms with Crippen molar-refractivity contribution in [3.63, 3.8) is 0 Å². The number of hydrogen-bond donors (Lipinski definition) is 0. The number of aromatic nitrogens is 1. The molecule has 3 aliphatic rings. The van der Waals surface area contributed by atoms with Crippen LogP contribution in [0.2, 0.25) is 5.02 Å². The van der Waals surface area contributed by atoms with Gasteiger partial charge in [0, 0.05) is 56.0 Å². The fraction of sp³-hybridized carbons (Fsp3) is 0.412. The number of fused-ring (bicyclic) bond motifs is 2. The number of likely N-dealkylation sites (N-methyl/N-ethyl adjacent to an activating group) is 1. The van der Waals surface area contributed by atoms with E-state index in [9.17, 15) is 15.3 Å². The van der Waals surface area contributed by atoms with Crippen LogP contribution in [-0.4, -0.2) is 79.2 Å². The predicted molar refractivity (Wildman–Crippen MR) is 172 cm³/mol. The average molecular weight is 610 g/mol. The fourth-order valence-corrected chi connectivity index (χ4v) is 7.25. The first-order valence-corrected chi connectivity index (χ1v) is 15.6. The molecule has 0 aliphatic carbocycles. The highest BCUT2D eigenvalue weighted by Gasteiger charge is 2.31. The van der Waals surface area contributed by atoms with Crippen LogP contribution in [0.25, 0.3) is 10.8 Å². The molecule has 3 aromatic rings. The van der Waals surface area contributed by atoms with Gasteiger partial charge in [0.25, 0.3) is 0 Å². The van der Waals surface area contributed by atoms with Crippen molar-refractivity contribution in [3.05, 3.63) is 70.9 Å². The molecule has 0 spiro atoms. The van der Waals surface area contributed by atoms with Crippen molar-refractivity contribution < 1.29 is 9.53 Å². The van der Waals surface area contributed by atoms with Crippen molar-refractivity contribution in [1.82, 2.24) is 14.8 Å². The highest BCUT2D eigenvalue weighted by Crippen LogP contribution is 2.41. The number of pyridine rings is 1. The smallest absolute Gasteiger partial charge is 0.246 e. The Balaban J connectivity index is 1.30. The third-order valence-electron chi connectivity index (χ3n) is 9.33. The number of nitriles is 2. The minimum atomic E-state index is -0.247. The first kappa shape index (κ1) is 29.7. The predicted octanol–water partition coefficient (Wildman–Crippen LogP) is 4.91. The summed E-state index contributed by atoms with van der Waals surface area (Å²) < 4.78 is 6.15. The molecule has 10 heteroatoms. The first-order chi connectivity index (χ1) is 21.4. The normalized spacial score (nSPS) is 20.2. The summed E-state index contributed by atoms with van der Waals surface area (Å²) in [5, 5.41) is 22.3. The van der Waals surface area contributed by atoms with Gasteiger partial charge in [0.2, 0.25) is 11.8 Å². The van der Waals surface area contributed by atoms with Gasteiger partial charge in [0.05, 0.1) is 29.2 Å². The number of carbonyl (C=O) groups excluding carboxylic acids is 1. The number of hydrogen-bond acceptors (Lipinski definition) is 8. The van der Waals surface area contributed by atoms with Crippen LogP contribution in [0.4, 0.5) is 11.4 Å². The van der Waals surface area contributed by atoms with E-state index in [1.165, 1.54) is 6.08 Å². The van der Waals surface area contributed by atoms with E-state index in [-0.39, 0.29) is 18.4 Å². The van der Waals surface area contributed by atoms with Gasteiger partial charge in [0.15, 0.2) is 0 Å². The number of likely N-dealkylation sites (tertiary alicyclic amines) is 1. The second-order valence-electron chi connectivity index (χ2n) is 11.8. The molecule has 9 nitrogen and oxygen atoms in total. The van der Waals surface area contributed by atoms with Gasteiger partial charge >= 0.3 is 0 Å². The van der Waals surface area contributed by atoms with Crippen LogP contribution in [0.5, 0.6) is 5.88 Å². The summed E-state index contributed by atoms with van der Waals surface area (Å²) in [7, 11) is 2.11. The third kappa shape index (κ3) is 5.54. The molecule has 1 amide bonds. The molecule has 0 N–H and O–H groups in total. The van der Waals surface area contributed by atoms with Gasteiger partial charge in [0.1, 0.15) is 18.2 Å².